The molecule has 0 spiro atoms. The Hall–Kier alpha value is -2.11. The van der Waals surface area contributed by atoms with Crippen molar-refractivity contribution in [2.75, 3.05) is 13.1 Å². The molecule has 2 heterocycles. The van der Waals surface area contributed by atoms with Gasteiger partial charge in [-0.3, -0.25) is 4.79 Å². The number of hydrogen-bond acceptors (Lipinski definition) is 2. The molecular weight excluding hydrogens is 378 g/mol. The summed E-state index contributed by atoms with van der Waals surface area (Å²) in [7, 11) is 0. The topological polar surface area (TPSA) is 62.1 Å². The molecule has 1 aromatic heterocycles. The molecule has 25 heavy (non-hydrogen) atoms. The molecule has 0 saturated heterocycles. The van der Waals surface area contributed by atoms with Gasteiger partial charge in [-0.25, -0.2) is 0 Å². The Labute approximate surface area is 155 Å². The van der Waals surface area contributed by atoms with Gasteiger partial charge in [-0.15, -0.1) is 0 Å². The van der Waals surface area contributed by atoms with E-state index in [1.807, 2.05) is 29.2 Å². The summed E-state index contributed by atoms with van der Waals surface area (Å²) in [5.41, 5.74) is 10.3. The summed E-state index contributed by atoms with van der Waals surface area (Å²) < 4.78 is 1.07. The molecule has 0 bridgehead atoms. The number of benzene rings is 2. The first kappa shape index (κ1) is 16.4. The van der Waals surface area contributed by atoms with E-state index in [0.717, 1.165) is 27.7 Å². The lowest BCUT2D eigenvalue weighted by Gasteiger charge is -2.36. The zero-order chi connectivity index (χ0) is 17.4. The molecule has 1 aliphatic rings. The Morgan fingerprint density at radius 3 is 2.80 bits per heavy atom. The molecule has 4 rings (SSSR count). The third-order valence-corrected chi connectivity index (χ3v) is 5.38. The molecule has 0 saturated carbocycles. The number of aromatic amines is 1. The number of hydrogen-bond donors (Lipinski definition) is 2. The smallest absolute Gasteiger partial charge is 0.224 e. The van der Waals surface area contributed by atoms with Crippen LogP contribution >= 0.6 is 15.9 Å². The van der Waals surface area contributed by atoms with Gasteiger partial charge < -0.3 is 15.6 Å². The zero-order valence-corrected chi connectivity index (χ0v) is 15.4. The van der Waals surface area contributed by atoms with Crippen LogP contribution in [0.1, 0.15) is 29.3 Å². The SMILES string of the molecule is NCCC(=O)N1CCc2c([nH]c3ccc(Br)cc23)C1c1ccccc1. The fraction of sp³-hybridized carbons (Fsp3) is 0.250. The largest absolute Gasteiger partial charge is 0.356 e. The van der Waals surface area contributed by atoms with E-state index in [0.29, 0.717) is 19.5 Å². The zero-order valence-electron chi connectivity index (χ0n) is 13.8. The van der Waals surface area contributed by atoms with Crippen LogP contribution in [-0.2, 0) is 11.2 Å². The van der Waals surface area contributed by atoms with Crippen LogP contribution in [0.4, 0.5) is 0 Å². The second kappa shape index (κ2) is 6.65. The highest BCUT2D eigenvalue weighted by Crippen LogP contribution is 2.39. The molecule has 5 heteroatoms. The van der Waals surface area contributed by atoms with Crippen molar-refractivity contribution < 1.29 is 4.79 Å². The summed E-state index contributed by atoms with van der Waals surface area (Å²) >= 11 is 3.57. The average molecular weight is 398 g/mol. The summed E-state index contributed by atoms with van der Waals surface area (Å²) in [6.07, 6.45) is 1.23. The minimum Gasteiger partial charge on any atom is -0.356 e. The first-order valence-corrected chi connectivity index (χ1v) is 9.33. The van der Waals surface area contributed by atoms with E-state index >= 15 is 0 Å². The number of nitrogens with one attached hydrogen (secondary N) is 1. The fourth-order valence-electron chi connectivity index (χ4n) is 3.78. The Morgan fingerprint density at radius 2 is 2.04 bits per heavy atom. The van der Waals surface area contributed by atoms with Crippen molar-refractivity contribution in [1.29, 1.82) is 0 Å². The minimum atomic E-state index is -0.0878. The summed E-state index contributed by atoms with van der Waals surface area (Å²) in [6.45, 7) is 1.09. The first-order valence-electron chi connectivity index (χ1n) is 8.53. The monoisotopic (exact) mass is 397 g/mol. The standard InChI is InChI=1S/C20H20BrN3O/c21-14-6-7-17-16(12-14)15-9-11-24(18(25)8-10-22)20(19(15)23-17)13-4-2-1-3-5-13/h1-7,12,20,23H,8-11,22H2. The molecule has 0 radical (unpaired) electrons. The maximum atomic E-state index is 12.7. The van der Waals surface area contributed by atoms with Crippen LogP contribution in [-0.4, -0.2) is 28.9 Å². The molecule has 0 fully saturated rings. The molecule has 1 unspecified atom stereocenters. The number of H-pyrrole nitrogens is 1. The van der Waals surface area contributed by atoms with Gasteiger partial charge >= 0.3 is 0 Å². The predicted molar refractivity (Wildman–Crippen MR) is 103 cm³/mol. The average Bonchev–Trinajstić information content (AvgIpc) is 2.99. The molecule has 128 valence electrons. The van der Waals surface area contributed by atoms with Crippen molar-refractivity contribution in [3.05, 3.63) is 69.8 Å². The highest BCUT2D eigenvalue weighted by atomic mass is 79.9. The summed E-state index contributed by atoms with van der Waals surface area (Å²) in [5, 5.41) is 1.23. The molecular formula is C20H20BrN3O. The Balaban J connectivity index is 1.88. The summed E-state index contributed by atoms with van der Waals surface area (Å²) in [5.74, 6) is 0.113. The van der Waals surface area contributed by atoms with E-state index in [9.17, 15) is 4.79 Å². The lowest BCUT2D eigenvalue weighted by molar-refractivity contribution is -0.133. The fourth-order valence-corrected chi connectivity index (χ4v) is 4.14. The van der Waals surface area contributed by atoms with Gasteiger partial charge in [0.2, 0.25) is 5.91 Å². The number of fused-ring (bicyclic) bond motifs is 3. The van der Waals surface area contributed by atoms with Gasteiger partial charge in [0, 0.05) is 40.6 Å². The van der Waals surface area contributed by atoms with Crippen LogP contribution in [0.15, 0.2) is 53.0 Å². The van der Waals surface area contributed by atoms with Gasteiger partial charge in [0.25, 0.3) is 0 Å². The van der Waals surface area contributed by atoms with Gasteiger partial charge in [-0.05, 0) is 35.7 Å². The second-order valence-corrected chi connectivity index (χ2v) is 7.31. The summed E-state index contributed by atoms with van der Waals surface area (Å²) in [6, 6.07) is 16.4. The Kier molecular flexibility index (Phi) is 4.36. The molecule has 1 amide bonds. The van der Waals surface area contributed by atoms with Gasteiger partial charge in [-0.1, -0.05) is 46.3 Å². The molecule has 3 aromatic rings. The highest BCUT2D eigenvalue weighted by molar-refractivity contribution is 9.10. The van der Waals surface area contributed by atoms with Crippen LogP contribution in [0, 0.1) is 0 Å². The lowest BCUT2D eigenvalue weighted by atomic mass is 9.92. The molecule has 1 aliphatic heterocycles. The van der Waals surface area contributed by atoms with Crippen LogP contribution < -0.4 is 5.73 Å². The van der Waals surface area contributed by atoms with E-state index in [2.05, 4.69) is 45.2 Å². The van der Waals surface area contributed by atoms with Gasteiger partial charge in [0.1, 0.15) is 0 Å². The maximum absolute atomic E-state index is 12.7. The van der Waals surface area contributed by atoms with Crippen molar-refractivity contribution in [3.8, 4) is 0 Å². The molecule has 3 N–H and O–H groups in total. The number of halogens is 1. The Morgan fingerprint density at radius 1 is 1.24 bits per heavy atom. The first-order chi connectivity index (χ1) is 12.2. The molecule has 0 aliphatic carbocycles. The van der Waals surface area contributed by atoms with E-state index in [1.165, 1.54) is 10.9 Å². The van der Waals surface area contributed by atoms with Crippen molar-refractivity contribution >= 4 is 32.7 Å². The normalized spacial score (nSPS) is 16.9. The number of carbonyl (C=O) groups is 1. The third kappa shape index (κ3) is 2.87. The van der Waals surface area contributed by atoms with Crippen molar-refractivity contribution in [1.82, 2.24) is 9.88 Å². The molecule has 1 atom stereocenters. The summed E-state index contributed by atoms with van der Waals surface area (Å²) in [4.78, 5) is 18.2. The second-order valence-electron chi connectivity index (χ2n) is 6.40. The van der Waals surface area contributed by atoms with E-state index < -0.39 is 0 Å². The minimum absolute atomic E-state index is 0.0878. The van der Waals surface area contributed by atoms with Crippen LogP contribution in [0.5, 0.6) is 0 Å². The number of nitrogens with two attached hydrogens (primary N) is 1. The van der Waals surface area contributed by atoms with Gasteiger partial charge in [-0.2, -0.15) is 0 Å². The van der Waals surface area contributed by atoms with Crippen LogP contribution in [0.3, 0.4) is 0 Å². The number of carbonyl (C=O) groups excluding carboxylic acids is 1. The number of rotatable bonds is 3. The predicted octanol–water partition coefficient (Wildman–Crippen LogP) is 3.75. The molecule has 2 aromatic carbocycles. The van der Waals surface area contributed by atoms with Gasteiger partial charge in [0.05, 0.1) is 6.04 Å². The van der Waals surface area contributed by atoms with Crippen LogP contribution in [0.25, 0.3) is 10.9 Å². The highest BCUT2D eigenvalue weighted by Gasteiger charge is 2.33. The van der Waals surface area contributed by atoms with Crippen molar-refractivity contribution in [2.24, 2.45) is 5.73 Å². The lowest BCUT2D eigenvalue weighted by Crippen LogP contribution is -2.41. The van der Waals surface area contributed by atoms with Crippen LogP contribution in [0.2, 0.25) is 0 Å². The van der Waals surface area contributed by atoms with E-state index in [1.54, 1.807) is 0 Å². The number of aromatic nitrogens is 1. The van der Waals surface area contributed by atoms with Crippen molar-refractivity contribution in [2.45, 2.75) is 18.9 Å². The quantitative estimate of drug-likeness (QED) is 0.706. The number of nitrogens with zero attached hydrogens (tertiary/aromatic N) is 1. The number of amides is 1. The van der Waals surface area contributed by atoms with Crippen molar-refractivity contribution in [3.63, 3.8) is 0 Å². The Bertz CT molecular complexity index is 919. The van der Waals surface area contributed by atoms with E-state index in [-0.39, 0.29) is 11.9 Å². The third-order valence-electron chi connectivity index (χ3n) is 4.88. The van der Waals surface area contributed by atoms with E-state index in [4.69, 9.17) is 5.73 Å². The van der Waals surface area contributed by atoms with Gasteiger partial charge in [0.15, 0.2) is 0 Å². The maximum Gasteiger partial charge on any atom is 0.224 e. The molecule has 4 nitrogen and oxygen atoms in total.